The molecule has 0 saturated carbocycles. The average Bonchev–Trinajstić information content (AvgIpc) is 2.95. The van der Waals surface area contributed by atoms with Crippen LogP contribution in [0.2, 0.25) is 0 Å². The fourth-order valence-corrected chi connectivity index (χ4v) is 10.9. The monoisotopic (exact) mass is 300 g/mol. The van der Waals surface area contributed by atoms with Gasteiger partial charge in [-0.25, -0.2) is 0 Å². The van der Waals surface area contributed by atoms with Crippen LogP contribution in [0.3, 0.4) is 0 Å². The van der Waals surface area contributed by atoms with Gasteiger partial charge in [-0.15, -0.1) is 0 Å². The van der Waals surface area contributed by atoms with E-state index in [1.807, 2.05) is 0 Å². The van der Waals surface area contributed by atoms with E-state index in [9.17, 15) is 0 Å². The number of fused-ring (bicyclic) bond motifs is 2. The van der Waals surface area contributed by atoms with Gasteiger partial charge in [0.05, 0.1) is 0 Å². The molecule has 0 saturated heterocycles. The maximum absolute atomic E-state index is 6.32. The van der Waals surface area contributed by atoms with Crippen molar-refractivity contribution in [1.82, 2.24) is 0 Å². The van der Waals surface area contributed by atoms with Crippen LogP contribution >= 0.6 is 0 Å². The zero-order valence-corrected chi connectivity index (χ0v) is 12.0. The summed E-state index contributed by atoms with van der Waals surface area (Å²) in [7, 11) is 0. The standard InChI is InChI=1S/C14H20O2Se/c1-3-7-13-11(5-1)9-15-17(13)14-8-4-2-6-12(14)10-16-17/h1-10H2. The summed E-state index contributed by atoms with van der Waals surface area (Å²) in [5.74, 6) is 0. The minimum absolute atomic E-state index is 0.895. The Hall–Kier alpha value is -0.0805. The van der Waals surface area contributed by atoms with Crippen LogP contribution in [0.5, 0.6) is 0 Å². The van der Waals surface area contributed by atoms with E-state index >= 15 is 0 Å². The normalized spacial score (nSPS) is 32.9. The molecule has 0 amide bonds. The Morgan fingerprint density at radius 1 is 0.647 bits per heavy atom. The van der Waals surface area contributed by atoms with E-state index in [1.165, 1.54) is 51.4 Å². The van der Waals surface area contributed by atoms with Crippen molar-refractivity contribution in [3.63, 3.8) is 0 Å². The van der Waals surface area contributed by atoms with Crippen molar-refractivity contribution in [2.75, 3.05) is 13.2 Å². The molecule has 3 heteroatoms. The minimum atomic E-state index is -2.24. The molecule has 2 aliphatic carbocycles. The Morgan fingerprint density at radius 2 is 1.12 bits per heavy atom. The van der Waals surface area contributed by atoms with Crippen LogP contribution in [0.25, 0.3) is 0 Å². The van der Waals surface area contributed by atoms with Crippen molar-refractivity contribution in [3.05, 3.63) is 20.1 Å². The third-order valence-electron chi connectivity index (χ3n) is 4.50. The van der Waals surface area contributed by atoms with Crippen LogP contribution in [0.15, 0.2) is 20.1 Å². The summed E-state index contributed by atoms with van der Waals surface area (Å²) < 4.78 is 16.0. The molecule has 0 radical (unpaired) electrons. The molecule has 0 N–H and O–H groups in total. The van der Waals surface area contributed by atoms with E-state index in [1.54, 1.807) is 20.1 Å². The predicted octanol–water partition coefficient (Wildman–Crippen LogP) is 3.31. The van der Waals surface area contributed by atoms with E-state index in [0.29, 0.717) is 0 Å². The van der Waals surface area contributed by atoms with E-state index in [-0.39, 0.29) is 0 Å². The second kappa shape index (κ2) is 3.96. The van der Waals surface area contributed by atoms with Crippen LogP contribution in [0.1, 0.15) is 51.4 Å². The van der Waals surface area contributed by atoms with E-state index in [2.05, 4.69) is 0 Å². The maximum atomic E-state index is 6.32. The van der Waals surface area contributed by atoms with Gasteiger partial charge in [-0.3, -0.25) is 0 Å². The summed E-state index contributed by atoms with van der Waals surface area (Å²) in [5.41, 5.74) is 3.24. The number of hydrogen-bond donors (Lipinski definition) is 0. The van der Waals surface area contributed by atoms with Crippen molar-refractivity contribution >= 4 is 13.5 Å². The molecule has 4 aliphatic rings. The number of hydrogen-bond acceptors (Lipinski definition) is 2. The third-order valence-corrected chi connectivity index (χ3v) is 11.2. The summed E-state index contributed by atoms with van der Waals surface area (Å²) in [5, 5.41) is 0. The number of rotatable bonds is 0. The van der Waals surface area contributed by atoms with Gasteiger partial charge in [-0.2, -0.15) is 0 Å². The molecule has 0 aromatic carbocycles. The van der Waals surface area contributed by atoms with Crippen LogP contribution in [0, 0.1) is 0 Å². The molecule has 2 nitrogen and oxygen atoms in total. The fourth-order valence-electron chi connectivity index (χ4n) is 3.61. The van der Waals surface area contributed by atoms with Crippen LogP contribution in [0.4, 0.5) is 0 Å². The quantitative estimate of drug-likeness (QED) is 0.639. The average molecular weight is 299 g/mol. The summed E-state index contributed by atoms with van der Waals surface area (Å²) in [6.45, 7) is 1.79. The van der Waals surface area contributed by atoms with Crippen molar-refractivity contribution in [1.29, 1.82) is 0 Å². The molecule has 1 spiro atoms. The molecule has 2 aliphatic heterocycles. The Kier molecular flexibility index (Phi) is 2.52. The topological polar surface area (TPSA) is 18.5 Å². The van der Waals surface area contributed by atoms with Gasteiger partial charge in [0.1, 0.15) is 0 Å². The summed E-state index contributed by atoms with van der Waals surface area (Å²) in [6.07, 6.45) is 10.5. The number of allylic oxidation sites excluding steroid dienone is 2. The third kappa shape index (κ3) is 1.46. The molecule has 0 unspecified atom stereocenters. The van der Waals surface area contributed by atoms with Gasteiger partial charge in [0.2, 0.25) is 0 Å². The zero-order valence-electron chi connectivity index (χ0n) is 10.3. The van der Waals surface area contributed by atoms with E-state index < -0.39 is 13.5 Å². The molecule has 17 heavy (non-hydrogen) atoms. The van der Waals surface area contributed by atoms with Gasteiger partial charge in [0.25, 0.3) is 0 Å². The molecule has 0 aromatic rings. The van der Waals surface area contributed by atoms with Crippen molar-refractivity contribution in [2.24, 2.45) is 0 Å². The Labute approximate surface area is 106 Å². The molecule has 0 aromatic heterocycles. The van der Waals surface area contributed by atoms with Gasteiger partial charge in [0.15, 0.2) is 0 Å². The van der Waals surface area contributed by atoms with E-state index in [4.69, 9.17) is 7.64 Å². The summed E-state index contributed by atoms with van der Waals surface area (Å²) >= 11 is -2.24. The molecule has 0 bridgehead atoms. The molecular weight excluding hydrogens is 279 g/mol. The first-order valence-electron chi connectivity index (χ1n) is 6.94. The second-order valence-corrected chi connectivity index (χ2v) is 10.7. The molecule has 4 rings (SSSR count). The molecule has 0 atom stereocenters. The van der Waals surface area contributed by atoms with Crippen molar-refractivity contribution in [2.45, 2.75) is 51.4 Å². The summed E-state index contributed by atoms with van der Waals surface area (Å²) in [4.78, 5) is 0. The van der Waals surface area contributed by atoms with E-state index in [0.717, 1.165) is 13.2 Å². The Morgan fingerprint density at radius 3 is 1.65 bits per heavy atom. The molecule has 94 valence electrons. The SMILES string of the molecule is C1CCC2=C(C1)CO[Se]21OCC2=C1CCCC2. The first-order valence-corrected chi connectivity index (χ1v) is 10.1. The second-order valence-electron chi connectivity index (χ2n) is 5.50. The van der Waals surface area contributed by atoms with Crippen molar-refractivity contribution < 1.29 is 7.64 Å². The molecule has 0 fully saturated rings. The van der Waals surface area contributed by atoms with Gasteiger partial charge >= 0.3 is 106 Å². The van der Waals surface area contributed by atoms with Crippen molar-refractivity contribution in [3.8, 4) is 0 Å². The first kappa shape index (κ1) is 10.8. The van der Waals surface area contributed by atoms with Crippen LogP contribution < -0.4 is 0 Å². The van der Waals surface area contributed by atoms with Gasteiger partial charge < -0.3 is 0 Å². The van der Waals surface area contributed by atoms with Crippen LogP contribution in [-0.2, 0) is 7.64 Å². The zero-order chi connectivity index (χ0) is 11.3. The molecular formula is C14H20O2Se. The molecule has 2 heterocycles. The van der Waals surface area contributed by atoms with Gasteiger partial charge in [-0.1, -0.05) is 0 Å². The first-order chi connectivity index (χ1) is 8.40. The predicted molar refractivity (Wildman–Crippen MR) is 68.6 cm³/mol. The Balaban J connectivity index is 1.78. The Bertz CT molecular complexity index is 382. The van der Waals surface area contributed by atoms with Crippen LogP contribution in [-0.4, -0.2) is 26.7 Å². The van der Waals surface area contributed by atoms with Gasteiger partial charge in [0, 0.05) is 0 Å². The summed E-state index contributed by atoms with van der Waals surface area (Å²) in [6, 6.07) is 0. The fraction of sp³-hybridized carbons (Fsp3) is 0.714. The van der Waals surface area contributed by atoms with Gasteiger partial charge in [-0.05, 0) is 0 Å².